The summed E-state index contributed by atoms with van der Waals surface area (Å²) in [5, 5.41) is 15.6. The largest absolute Gasteiger partial charge is 0.393 e. The summed E-state index contributed by atoms with van der Waals surface area (Å²) in [6.45, 7) is 4.01. The van der Waals surface area contributed by atoms with Gasteiger partial charge >= 0.3 is 0 Å². The number of aliphatic hydroxyl groups is 1. The third kappa shape index (κ3) is 3.11. The van der Waals surface area contributed by atoms with Gasteiger partial charge in [0.25, 0.3) is 0 Å². The minimum absolute atomic E-state index is 0.0859. The minimum atomic E-state index is -0.0859. The standard InChI is InChI=1S/C17H22N2O/c20-15-8-11-19(12-9-15)13-10-18-17-7-3-5-14-4-1-2-6-16(14)17/h1-7,15,18,20H,8-13H2. The molecule has 1 heterocycles. The molecule has 0 spiro atoms. The lowest BCUT2D eigenvalue weighted by Crippen LogP contribution is -2.38. The second-order valence-electron chi connectivity index (χ2n) is 5.53. The number of nitrogens with one attached hydrogen (secondary N) is 1. The van der Waals surface area contributed by atoms with Gasteiger partial charge in [0.2, 0.25) is 0 Å². The SMILES string of the molecule is OC1CCN(CCNc2cccc3ccccc23)CC1. The molecule has 1 saturated heterocycles. The van der Waals surface area contributed by atoms with Gasteiger partial charge in [0.15, 0.2) is 0 Å². The molecule has 3 heteroatoms. The highest BCUT2D eigenvalue weighted by Gasteiger charge is 2.16. The van der Waals surface area contributed by atoms with Crippen molar-refractivity contribution in [3.05, 3.63) is 42.5 Å². The number of nitrogens with zero attached hydrogens (tertiary/aromatic N) is 1. The summed E-state index contributed by atoms with van der Waals surface area (Å²) in [5.74, 6) is 0. The Hall–Kier alpha value is -1.58. The fraction of sp³-hybridized carbons (Fsp3) is 0.412. The highest BCUT2D eigenvalue weighted by molar-refractivity contribution is 5.93. The van der Waals surface area contributed by atoms with Gasteiger partial charge in [-0.3, -0.25) is 0 Å². The summed E-state index contributed by atoms with van der Waals surface area (Å²) in [5.41, 5.74) is 1.21. The highest BCUT2D eigenvalue weighted by Crippen LogP contribution is 2.22. The molecule has 20 heavy (non-hydrogen) atoms. The van der Waals surface area contributed by atoms with E-state index >= 15 is 0 Å². The Morgan fingerprint density at radius 1 is 1.05 bits per heavy atom. The van der Waals surface area contributed by atoms with Crippen molar-refractivity contribution < 1.29 is 5.11 Å². The number of hydrogen-bond donors (Lipinski definition) is 2. The smallest absolute Gasteiger partial charge is 0.0564 e. The molecular formula is C17H22N2O. The summed E-state index contributed by atoms with van der Waals surface area (Å²) in [4.78, 5) is 2.42. The summed E-state index contributed by atoms with van der Waals surface area (Å²) >= 11 is 0. The van der Waals surface area contributed by atoms with Gasteiger partial charge in [-0.1, -0.05) is 36.4 Å². The van der Waals surface area contributed by atoms with Crippen LogP contribution in [0.5, 0.6) is 0 Å². The number of benzene rings is 2. The summed E-state index contributed by atoms with van der Waals surface area (Å²) in [7, 11) is 0. The normalized spacial score (nSPS) is 17.4. The van der Waals surface area contributed by atoms with Gasteiger partial charge in [-0.25, -0.2) is 0 Å². The monoisotopic (exact) mass is 270 g/mol. The third-order valence-corrected chi connectivity index (χ3v) is 4.09. The predicted molar refractivity (Wildman–Crippen MR) is 84.1 cm³/mol. The molecule has 0 aliphatic carbocycles. The van der Waals surface area contributed by atoms with E-state index < -0.39 is 0 Å². The first-order valence-electron chi connectivity index (χ1n) is 7.45. The zero-order chi connectivity index (χ0) is 13.8. The molecule has 0 unspecified atom stereocenters. The van der Waals surface area contributed by atoms with Crippen LogP contribution in [0.3, 0.4) is 0 Å². The molecule has 2 aromatic carbocycles. The van der Waals surface area contributed by atoms with Crippen molar-refractivity contribution >= 4 is 16.5 Å². The predicted octanol–water partition coefficient (Wildman–Crippen LogP) is 2.71. The molecule has 0 saturated carbocycles. The number of aliphatic hydroxyl groups excluding tert-OH is 1. The van der Waals surface area contributed by atoms with E-state index in [0.717, 1.165) is 39.0 Å². The third-order valence-electron chi connectivity index (χ3n) is 4.09. The Kier molecular flexibility index (Phi) is 4.19. The van der Waals surface area contributed by atoms with Crippen LogP contribution in [0.2, 0.25) is 0 Å². The minimum Gasteiger partial charge on any atom is -0.393 e. The van der Waals surface area contributed by atoms with Crippen LogP contribution < -0.4 is 5.32 Å². The fourth-order valence-corrected chi connectivity index (χ4v) is 2.87. The molecular weight excluding hydrogens is 248 g/mol. The van der Waals surface area contributed by atoms with E-state index in [1.807, 2.05) is 0 Å². The first-order chi connectivity index (χ1) is 9.83. The van der Waals surface area contributed by atoms with Gasteiger partial charge in [-0.05, 0) is 24.3 Å². The number of likely N-dealkylation sites (tertiary alicyclic amines) is 1. The Balaban J connectivity index is 1.57. The second-order valence-corrected chi connectivity index (χ2v) is 5.53. The average Bonchev–Trinajstić information content (AvgIpc) is 2.49. The van der Waals surface area contributed by atoms with Crippen LogP contribution in [0.25, 0.3) is 10.8 Å². The molecule has 1 fully saturated rings. The van der Waals surface area contributed by atoms with Crippen molar-refractivity contribution in [2.45, 2.75) is 18.9 Å². The first-order valence-corrected chi connectivity index (χ1v) is 7.45. The fourth-order valence-electron chi connectivity index (χ4n) is 2.87. The lowest BCUT2D eigenvalue weighted by Gasteiger charge is -2.29. The van der Waals surface area contributed by atoms with Crippen LogP contribution in [-0.4, -0.2) is 42.3 Å². The van der Waals surface area contributed by atoms with Crippen LogP contribution in [0.15, 0.2) is 42.5 Å². The van der Waals surface area contributed by atoms with Crippen molar-refractivity contribution in [3.8, 4) is 0 Å². The molecule has 3 rings (SSSR count). The molecule has 0 bridgehead atoms. The average molecular weight is 270 g/mol. The molecule has 106 valence electrons. The van der Waals surface area contributed by atoms with Crippen LogP contribution >= 0.6 is 0 Å². The van der Waals surface area contributed by atoms with E-state index in [0.29, 0.717) is 0 Å². The van der Waals surface area contributed by atoms with Crippen LogP contribution in [0.1, 0.15) is 12.8 Å². The van der Waals surface area contributed by atoms with Crippen molar-refractivity contribution in [3.63, 3.8) is 0 Å². The first kappa shape index (κ1) is 13.4. The van der Waals surface area contributed by atoms with Gasteiger partial charge in [0, 0.05) is 37.3 Å². The molecule has 3 nitrogen and oxygen atoms in total. The number of hydrogen-bond acceptors (Lipinski definition) is 3. The van der Waals surface area contributed by atoms with Crippen molar-refractivity contribution in [1.29, 1.82) is 0 Å². The molecule has 1 aliphatic heterocycles. The van der Waals surface area contributed by atoms with Crippen LogP contribution in [0.4, 0.5) is 5.69 Å². The molecule has 0 amide bonds. The van der Waals surface area contributed by atoms with E-state index in [2.05, 4.69) is 52.7 Å². The summed E-state index contributed by atoms with van der Waals surface area (Å²) in [6.07, 6.45) is 1.74. The number of rotatable bonds is 4. The number of piperidine rings is 1. The Morgan fingerprint density at radius 3 is 2.65 bits per heavy atom. The van der Waals surface area contributed by atoms with Crippen molar-refractivity contribution in [1.82, 2.24) is 4.90 Å². The maximum absolute atomic E-state index is 9.51. The Morgan fingerprint density at radius 2 is 1.80 bits per heavy atom. The topological polar surface area (TPSA) is 35.5 Å². The summed E-state index contributed by atoms with van der Waals surface area (Å²) < 4.78 is 0. The zero-order valence-electron chi connectivity index (χ0n) is 11.8. The van der Waals surface area contributed by atoms with Gasteiger partial charge in [-0.2, -0.15) is 0 Å². The molecule has 0 aromatic heterocycles. The van der Waals surface area contributed by atoms with Crippen molar-refractivity contribution in [2.75, 3.05) is 31.5 Å². The van der Waals surface area contributed by atoms with E-state index in [9.17, 15) is 5.11 Å². The zero-order valence-corrected chi connectivity index (χ0v) is 11.8. The van der Waals surface area contributed by atoms with E-state index in [-0.39, 0.29) is 6.10 Å². The Bertz CT molecular complexity index is 556. The van der Waals surface area contributed by atoms with Gasteiger partial charge in [0.1, 0.15) is 0 Å². The van der Waals surface area contributed by atoms with Crippen LogP contribution in [0, 0.1) is 0 Å². The number of anilines is 1. The molecule has 0 atom stereocenters. The highest BCUT2D eigenvalue weighted by atomic mass is 16.3. The molecule has 1 aliphatic rings. The van der Waals surface area contributed by atoms with Gasteiger partial charge in [0.05, 0.1) is 6.10 Å². The van der Waals surface area contributed by atoms with E-state index in [1.54, 1.807) is 0 Å². The molecule has 0 radical (unpaired) electrons. The van der Waals surface area contributed by atoms with E-state index in [4.69, 9.17) is 0 Å². The lowest BCUT2D eigenvalue weighted by molar-refractivity contribution is 0.0845. The van der Waals surface area contributed by atoms with E-state index in [1.165, 1.54) is 16.5 Å². The maximum atomic E-state index is 9.51. The number of fused-ring (bicyclic) bond motifs is 1. The molecule has 2 N–H and O–H groups in total. The second kappa shape index (κ2) is 6.25. The van der Waals surface area contributed by atoms with Crippen molar-refractivity contribution in [2.24, 2.45) is 0 Å². The Labute approximate surface area is 120 Å². The lowest BCUT2D eigenvalue weighted by atomic mass is 10.1. The van der Waals surface area contributed by atoms with Crippen LogP contribution in [-0.2, 0) is 0 Å². The van der Waals surface area contributed by atoms with Gasteiger partial charge < -0.3 is 15.3 Å². The maximum Gasteiger partial charge on any atom is 0.0564 e. The quantitative estimate of drug-likeness (QED) is 0.896. The van der Waals surface area contributed by atoms with Gasteiger partial charge in [-0.15, -0.1) is 0 Å². The molecule has 2 aromatic rings. The summed E-state index contributed by atoms with van der Waals surface area (Å²) in [6, 6.07) is 14.9.